The van der Waals surface area contributed by atoms with Gasteiger partial charge in [-0.25, -0.2) is 0 Å². The Morgan fingerprint density at radius 1 is 1.44 bits per heavy atom. The van der Waals surface area contributed by atoms with Crippen LogP contribution in [0.5, 0.6) is 0 Å². The molecule has 0 unspecified atom stereocenters. The molecule has 1 saturated heterocycles. The normalized spacial score (nSPS) is 24.8. The van der Waals surface area contributed by atoms with E-state index in [1.165, 1.54) is 0 Å². The summed E-state index contributed by atoms with van der Waals surface area (Å²) in [5, 5.41) is 0. The van der Waals surface area contributed by atoms with E-state index >= 15 is 0 Å². The van der Waals surface area contributed by atoms with Crippen LogP contribution in [0.25, 0.3) is 0 Å². The smallest absolute Gasteiger partial charge is 0.224 e. The highest BCUT2D eigenvalue weighted by Gasteiger charge is 2.35. The van der Waals surface area contributed by atoms with Crippen molar-refractivity contribution in [2.24, 2.45) is 17.6 Å². The van der Waals surface area contributed by atoms with Crippen LogP contribution in [0.15, 0.2) is 0 Å². The fourth-order valence-electron chi connectivity index (χ4n) is 2.00. The Bertz CT molecular complexity index is 268. The average molecular weight is 228 g/mol. The van der Waals surface area contributed by atoms with Crippen LogP contribution in [0.4, 0.5) is 0 Å². The van der Waals surface area contributed by atoms with Gasteiger partial charge < -0.3 is 15.4 Å². The van der Waals surface area contributed by atoms with Crippen LogP contribution in [0, 0.1) is 11.8 Å². The number of rotatable bonds is 5. The van der Waals surface area contributed by atoms with Gasteiger partial charge in [0.2, 0.25) is 11.8 Å². The molecule has 0 aliphatic carbocycles. The maximum Gasteiger partial charge on any atom is 0.224 e. The van der Waals surface area contributed by atoms with Crippen molar-refractivity contribution in [3.8, 4) is 0 Å². The van der Waals surface area contributed by atoms with Gasteiger partial charge in [0.1, 0.15) is 0 Å². The van der Waals surface area contributed by atoms with Crippen molar-refractivity contribution in [3.63, 3.8) is 0 Å². The summed E-state index contributed by atoms with van der Waals surface area (Å²) < 4.78 is 5.13. The third-order valence-corrected chi connectivity index (χ3v) is 2.99. The lowest BCUT2D eigenvalue weighted by atomic mass is 9.98. The lowest BCUT2D eigenvalue weighted by Gasteiger charge is -2.15. The van der Waals surface area contributed by atoms with E-state index in [2.05, 4.69) is 0 Å². The van der Waals surface area contributed by atoms with Crippen molar-refractivity contribution < 1.29 is 14.3 Å². The molecule has 5 heteroatoms. The Morgan fingerprint density at radius 3 is 2.62 bits per heavy atom. The molecule has 92 valence electrons. The molecule has 1 heterocycles. The quantitative estimate of drug-likeness (QED) is 0.673. The molecule has 2 N–H and O–H groups in total. The first-order valence-electron chi connectivity index (χ1n) is 5.71. The molecule has 1 fully saturated rings. The minimum atomic E-state index is -0.312. The van der Waals surface area contributed by atoms with Crippen molar-refractivity contribution in [2.45, 2.75) is 20.3 Å². The molecule has 1 aliphatic heterocycles. The SMILES string of the molecule is CCOCCC(=O)N1C[C@@H](C)[C@H](C(N)=O)C1. The first-order valence-corrected chi connectivity index (χ1v) is 5.71. The number of nitrogens with zero attached hydrogens (tertiary/aromatic N) is 1. The molecular formula is C11H20N2O3. The second-order valence-corrected chi connectivity index (χ2v) is 4.23. The maximum atomic E-state index is 11.7. The second-order valence-electron chi connectivity index (χ2n) is 4.23. The van der Waals surface area contributed by atoms with Crippen LogP contribution in [-0.4, -0.2) is 43.0 Å². The topological polar surface area (TPSA) is 72.6 Å². The van der Waals surface area contributed by atoms with E-state index in [4.69, 9.17) is 10.5 Å². The van der Waals surface area contributed by atoms with E-state index in [0.29, 0.717) is 32.7 Å². The first kappa shape index (κ1) is 13.0. The Balaban J connectivity index is 2.39. The van der Waals surface area contributed by atoms with Gasteiger partial charge >= 0.3 is 0 Å². The van der Waals surface area contributed by atoms with Gasteiger partial charge in [0.05, 0.1) is 18.9 Å². The Labute approximate surface area is 95.9 Å². The van der Waals surface area contributed by atoms with Gasteiger partial charge in [-0.2, -0.15) is 0 Å². The summed E-state index contributed by atoms with van der Waals surface area (Å²) in [5.74, 6) is -0.304. The van der Waals surface area contributed by atoms with E-state index in [9.17, 15) is 9.59 Å². The Morgan fingerprint density at radius 2 is 2.12 bits per heavy atom. The van der Waals surface area contributed by atoms with E-state index in [1.54, 1.807) is 4.90 Å². The fraction of sp³-hybridized carbons (Fsp3) is 0.818. The molecule has 1 aliphatic rings. The molecule has 0 aromatic heterocycles. The molecule has 0 spiro atoms. The highest BCUT2D eigenvalue weighted by Crippen LogP contribution is 2.22. The molecular weight excluding hydrogens is 208 g/mol. The van der Waals surface area contributed by atoms with Gasteiger partial charge in [-0.3, -0.25) is 9.59 Å². The number of ether oxygens (including phenoxy) is 1. The predicted molar refractivity (Wildman–Crippen MR) is 59.5 cm³/mol. The van der Waals surface area contributed by atoms with Gasteiger partial charge in [-0.1, -0.05) is 6.92 Å². The van der Waals surface area contributed by atoms with Crippen LogP contribution >= 0.6 is 0 Å². The fourth-order valence-corrected chi connectivity index (χ4v) is 2.00. The molecule has 16 heavy (non-hydrogen) atoms. The molecule has 0 saturated carbocycles. The maximum absolute atomic E-state index is 11.7. The lowest BCUT2D eigenvalue weighted by molar-refractivity contribution is -0.131. The van der Waals surface area contributed by atoms with Crippen LogP contribution in [0.3, 0.4) is 0 Å². The van der Waals surface area contributed by atoms with Gasteiger partial charge in [-0.15, -0.1) is 0 Å². The highest BCUT2D eigenvalue weighted by molar-refractivity contribution is 5.81. The van der Waals surface area contributed by atoms with Crippen molar-refractivity contribution in [2.75, 3.05) is 26.3 Å². The van der Waals surface area contributed by atoms with E-state index in [0.717, 1.165) is 0 Å². The molecule has 0 radical (unpaired) electrons. The number of hydrogen-bond donors (Lipinski definition) is 1. The summed E-state index contributed by atoms with van der Waals surface area (Å²) in [6.07, 6.45) is 0.381. The number of carbonyl (C=O) groups is 2. The Kier molecular flexibility index (Phi) is 4.73. The summed E-state index contributed by atoms with van der Waals surface area (Å²) in [5.41, 5.74) is 5.27. The van der Waals surface area contributed by atoms with Crippen molar-refractivity contribution in [1.82, 2.24) is 4.90 Å². The number of primary amides is 1. The zero-order valence-electron chi connectivity index (χ0n) is 9.94. The number of likely N-dealkylation sites (tertiary alicyclic amines) is 1. The van der Waals surface area contributed by atoms with Crippen LogP contribution in [0.1, 0.15) is 20.3 Å². The van der Waals surface area contributed by atoms with Gasteiger partial charge in [0, 0.05) is 19.7 Å². The second kappa shape index (κ2) is 5.84. The van der Waals surface area contributed by atoms with Gasteiger partial charge in [-0.05, 0) is 12.8 Å². The van der Waals surface area contributed by atoms with Gasteiger partial charge in [0.15, 0.2) is 0 Å². The number of carbonyl (C=O) groups excluding carboxylic acids is 2. The molecule has 0 aromatic rings. The van der Waals surface area contributed by atoms with Crippen molar-refractivity contribution in [1.29, 1.82) is 0 Å². The number of amides is 2. The highest BCUT2D eigenvalue weighted by atomic mass is 16.5. The van der Waals surface area contributed by atoms with E-state index in [-0.39, 0.29) is 23.7 Å². The number of nitrogens with two attached hydrogens (primary N) is 1. The molecule has 2 amide bonds. The zero-order chi connectivity index (χ0) is 12.1. The predicted octanol–water partition coefficient (Wildman–Crippen LogP) is -0.00720. The summed E-state index contributed by atoms with van der Waals surface area (Å²) in [7, 11) is 0. The lowest BCUT2D eigenvalue weighted by Crippen LogP contribution is -2.32. The van der Waals surface area contributed by atoms with E-state index in [1.807, 2.05) is 13.8 Å². The summed E-state index contributed by atoms with van der Waals surface area (Å²) in [4.78, 5) is 24.5. The van der Waals surface area contributed by atoms with E-state index < -0.39 is 0 Å². The van der Waals surface area contributed by atoms with Gasteiger partial charge in [0.25, 0.3) is 0 Å². The average Bonchev–Trinajstić information content (AvgIpc) is 2.60. The standard InChI is InChI=1S/C11H20N2O3/c1-3-16-5-4-10(14)13-6-8(2)9(7-13)11(12)15/h8-9H,3-7H2,1-2H3,(H2,12,15)/t8-,9-/m1/s1. The minimum absolute atomic E-state index is 0.0454. The van der Waals surface area contributed by atoms with Crippen LogP contribution in [-0.2, 0) is 14.3 Å². The monoisotopic (exact) mass is 228 g/mol. The van der Waals surface area contributed by atoms with Crippen molar-refractivity contribution in [3.05, 3.63) is 0 Å². The van der Waals surface area contributed by atoms with Crippen LogP contribution in [0.2, 0.25) is 0 Å². The molecule has 2 atom stereocenters. The van der Waals surface area contributed by atoms with Crippen LogP contribution < -0.4 is 5.73 Å². The van der Waals surface area contributed by atoms with Crippen molar-refractivity contribution >= 4 is 11.8 Å². The zero-order valence-corrected chi connectivity index (χ0v) is 9.94. The molecule has 5 nitrogen and oxygen atoms in total. The Hall–Kier alpha value is -1.10. The molecule has 0 bridgehead atoms. The largest absolute Gasteiger partial charge is 0.381 e. The third-order valence-electron chi connectivity index (χ3n) is 2.99. The molecule has 1 rings (SSSR count). The third kappa shape index (κ3) is 3.20. The minimum Gasteiger partial charge on any atom is -0.381 e. The number of hydrogen-bond acceptors (Lipinski definition) is 3. The summed E-state index contributed by atoms with van der Waals surface area (Å²) in [6, 6.07) is 0. The molecule has 0 aromatic carbocycles. The first-order chi connectivity index (χ1) is 7.56. The summed E-state index contributed by atoms with van der Waals surface area (Å²) >= 11 is 0. The summed E-state index contributed by atoms with van der Waals surface area (Å²) in [6.45, 7) is 5.99.